The molecule has 0 amide bonds. The Morgan fingerprint density at radius 2 is 2.12 bits per heavy atom. The second kappa shape index (κ2) is 4.79. The molecular formula is C11H12N2O3S. The summed E-state index contributed by atoms with van der Waals surface area (Å²) in [4.78, 5) is 11.1. The fourth-order valence-electron chi connectivity index (χ4n) is 1.49. The number of hydrogen-bond acceptors (Lipinski definition) is 4. The predicted octanol–water partition coefficient (Wildman–Crippen LogP) is 1.46. The van der Waals surface area contributed by atoms with E-state index in [-0.39, 0.29) is 11.5 Å². The number of rotatable bonds is 4. The topological polar surface area (TPSA) is 68.3 Å². The van der Waals surface area contributed by atoms with E-state index in [0.29, 0.717) is 10.9 Å². The second-order valence-electron chi connectivity index (χ2n) is 3.35. The van der Waals surface area contributed by atoms with Gasteiger partial charge in [0.05, 0.1) is 17.0 Å². The molecule has 1 aromatic carbocycles. The van der Waals surface area contributed by atoms with Gasteiger partial charge in [-0.15, -0.1) is 0 Å². The molecule has 0 unspecified atom stereocenters. The predicted molar refractivity (Wildman–Crippen MR) is 63.7 cm³/mol. The first-order valence-corrected chi connectivity index (χ1v) is 6.61. The van der Waals surface area contributed by atoms with Crippen LogP contribution in [0.2, 0.25) is 0 Å². The maximum absolute atomic E-state index is 11.9. The van der Waals surface area contributed by atoms with Crippen LogP contribution in [0.1, 0.15) is 6.92 Å². The smallest absolute Gasteiger partial charge is 0.263 e. The molecule has 0 bridgehead atoms. The van der Waals surface area contributed by atoms with Crippen molar-refractivity contribution in [3.63, 3.8) is 0 Å². The molecule has 0 atom stereocenters. The summed E-state index contributed by atoms with van der Waals surface area (Å²) in [5.74, 6) is 0. The minimum atomic E-state index is -3.66. The number of fused-ring (bicyclic) bond motifs is 1. The molecule has 0 saturated heterocycles. The molecule has 0 fully saturated rings. The van der Waals surface area contributed by atoms with Crippen molar-refractivity contribution in [3.8, 4) is 0 Å². The molecule has 2 rings (SSSR count). The summed E-state index contributed by atoms with van der Waals surface area (Å²) in [5.41, 5.74) is 0.631. The van der Waals surface area contributed by atoms with Crippen molar-refractivity contribution < 1.29 is 13.3 Å². The third-order valence-corrected chi connectivity index (χ3v) is 3.48. The normalized spacial score (nSPS) is 11.8. The maximum Gasteiger partial charge on any atom is 0.263 e. The molecule has 5 nitrogen and oxygen atoms in total. The highest BCUT2D eigenvalue weighted by molar-refractivity contribution is 7.89. The summed E-state index contributed by atoms with van der Waals surface area (Å²) >= 11 is 0. The van der Waals surface area contributed by atoms with Crippen molar-refractivity contribution >= 4 is 20.9 Å². The SMILES string of the molecule is CCONS(=O)(=O)c1cccc2ncccc12. The van der Waals surface area contributed by atoms with E-state index in [2.05, 4.69) is 9.87 Å². The van der Waals surface area contributed by atoms with Gasteiger partial charge in [-0.25, -0.2) is 8.42 Å². The average Bonchev–Trinajstić information content (AvgIpc) is 2.36. The van der Waals surface area contributed by atoms with Gasteiger partial charge in [0.2, 0.25) is 0 Å². The van der Waals surface area contributed by atoms with E-state index in [9.17, 15) is 8.42 Å². The fraction of sp³-hybridized carbons (Fsp3) is 0.182. The van der Waals surface area contributed by atoms with Crippen molar-refractivity contribution in [2.45, 2.75) is 11.8 Å². The lowest BCUT2D eigenvalue weighted by atomic mass is 10.2. The Labute approximate surface area is 99.4 Å². The molecule has 2 aromatic rings. The van der Waals surface area contributed by atoms with E-state index in [1.165, 1.54) is 6.07 Å². The van der Waals surface area contributed by atoms with Crippen molar-refractivity contribution in [1.82, 2.24) is 9.87 Å². The molecule has 1 N–H and O–H groups in total. The standard InChI is InChI=1S/C11H12N2O3S/c1-2-16-13-17(14,15)11-7-3-6-10-9(11)5-4-8-12-10/h3-8,13H,2H2,1H3. The first-order chi connectivity index (χ1) is 8.15. The lowest BCUT2D eigenvalue weighted by Gasteiger charge is -2.08. The van der Waals surface area contributed by atoms with E-state index < -0.39 is 10.0 Å². The Balaban J connectivity index is 2.55. The van der Waals surface area contributed by atoms with Gasteiger partial charge >= 0.3 is 0 Å². The first kappa shape index (κ1) is 12.0. The van der Waals surface area contributed by atoms with Crippen LogP contribution in [-0.2, 0) is 14.9 Å². The van der Waals surface area contributed by atoms with Crippen LogP contribution in [0.3, 0.4) is 0 Å². The molecule has 0 aliphatic rings. The number of hydrogen-bond donors (Lipinski definition) is 1. The zero-order valence-electron chi connectivity index (χ0n) is 9.25. The summed E-state index contributed by atoms with van der Waals surface area (Å²) < 4.78 is 23.9. The molecule has 0 aliphatic heterocycles. The Morgan fingerprint density at radius 3 is 2.88 bits per heavy atom. The van der Waals surface area contributed by atoms with Gasteiger partial charge in [-0.1, -0.05) is 11.0 Å². The van der Waals surface area contributed by atoms with Crippen LogP contribution >= 0.6 is 0 Å². The summed E-state index contributed by atoms with van der Waals surface area (Å²) in [5, 5.41) is 0.571. The Kier molecular flexibility index (Phi) is 3.37. The van der Waals surface area contributed by atoms with Crippen LogP contribution in [0, 0.1) is 0 Å². The van der Waals surface area contributed by atoms with Crippen LogP contribution < -0.4 is 4.89 Å². The third kappa shape index (κ3) is 2.44. The van der Waals surface area contributed by atoms with Crippen LogP contribution in [0.25, 0.3) is 10.9 Å². The third-order valence-electron chi connectivity index (χ3n) is 2.21. The molecule has 0 aliphatic carbocycles. The van der Waals surface area contributed by atoms with Crippen molar-refractivity contribution in [1.29, 1.82) is 0 Å². The van der Waals surface area contributed by atoms with Gasteiger partial charge in [0.1, 0.15) is 0 Å². The van der Waals surface area contributed by atoms with E-state index >= 15 is 0 Å². The molecule has 90 valence electrons. The highest BCUT2D eigenvalue weighted by atomic mass is 32.2. The molecule has 0 saturated carbocycles. The number of aromatic nitrogens is 1. The highest BCUT2D eigenvalue weighted by Gasteiger charge is 2.17. The van der Waals surface area contributed by atoms with Crippen molar-refractivity contribution in [2.75, 3.05) is 6.61 Å². The van der Waals surface area contributed by atoms with Crippen LogP contribution in [0.4, 0.5) is 0 Å². The zero-order chi connectivity index (χ0) is 12.3. The monoisotopic (exact) mass is 252 g/mol. The molecule has 6 heteroatoms. The van der Waals surface area contributed by atoms with E-state index in [0.717, 1.165) is 0 Å². The van der Waals surface area contributed by atoms with Gasteiger partial charge < -0.3 is 0 Å². The van der Waals surface area contributed by atoms with E-state index in [1.807, 2.05) is 0 Å². The minimum Gasteiger partial charge on any atom is -0.287 e. The summed E-state index contributed by atoms with van der Waals surface area (Å²) in [6.45, 7) is 1.97. The molecule has 1 heterocycles. The Hall–Kier alpha value is -1.50. The minimum absolute atomic E-state index is 0.163. The van der Waals surface area contributed by atoms with E-state index in [4.69, 9.17) is 4.84 Å². The number of benzene rings is 1. The number of pyridine rings is 1. The van der Waals surface area contributed by atoms with Crippen LogP contribution in [0.15, 0.2) is 41.4 Å². The van der Waals surface area contributed by atoms with Crippen LogP contribution in [-0.4, -0.2) is 20.0 Å². The van der Waals surface area contributed by atoms with Gasteiger partial charge in [-0.2, -0.15) is 0 Å². The Morgan fingerprint density at radius 1 is 1.29 bits per heavy atom. The van der Waals surface area contributed by atoms with Gasteiger partial charge in [-0.05, 0) is 31.2 Å². The van der Waals surface area contributed by atoms with Crippen molar-refractivity contribution in [3.05, 3.63) is 36.5 Å². The Bertz CT molecular complexity index is 620. The summed E-state index contributed by atoms with van der Waals surface area (Å²) in [6, 6.07) is 8.33. The zero-order valence-corrected chi connectivity index (χ0v) is 10.1. The summed E-state index contributed by atoms with van der Waals surface area (Å²) in [7, 11) is -3.66. The first-order valence-electron chi connectivity index (χ1n) is 5.12. The van der Waals surface area contributed by atoms with Gasteiger partial charge in [0.25, 0.3) is 10.0 Å². The lowest BCUT2D eigenvalue weighted by molar-refractivity contribution is 0.105. The van der Waals surface area contributed by atoms with Crippen molar-refractivity contribution in [2.24, 2.45) is 0 Å². The highest BCUT2D eigenvalue weighted by Crippen LogP contribution is 2.20. The fourth-order valence-corrected chi connectivity index (χ4v) is 2.57. The number of sulfonamides is 1. The number of nitrogens with zero attached hydrogens (tertiary/aromatic N) is 1. The maximum atomic E-state index is 11.9. The van der Waals surface area contributed by atoms with Gasteiger partial charge in [0, 0.05) is 11.6 Å². The number of nitrogens with one attached hydrogen (secondary N) is 1. The molecule has 0 radical (unpaired) electrons. The van der Waals surface area contributed by atoms with Gasteiger partial charge in [-0.3, -0.25) is 9.82 Å². The van der Waals surface area contributed by atoms with Gasteiger partial charge in [0.15, 0.2) is 0 Å². The molecular weight excluding hydrogens is 240 g/mol. The van der Waals surface area contributed by atoms with Crippen LogP contribution in [0.5, 0.6) is 0 Å². The molecule has 1 aromatic heterocycles. The quantitative estimate of drug-likeness (QED) is 0.836. The average molecular weight is 252 g/mol. The lowest BCUT2D eigenvalue weighted by Crippen LogP contribution is -2.24. The molecule has 17 heavy (non-hydrogen) atoms. The largest absolute Gasteiger partial charge is 0.287 e. The second-order valence-corrected chi connectivity index (χ2v) is 4.96. The summed E-state index contributed by atoms with van der Waals surface area (Å²) in [6.07, 6.45) is 1.62. The molecule has 0 spiro atoms. The van der Waals surface area contributed by atoms with E-state index in [1.54, 1.807) is 37.4 Å².